The minimum absolute atomic E-state index is 0.00367. The second kappa shape index (κ2) is 15.0. The summed E-state index contributed by atoms with van der Waals surface area (Å²) in [6.45, 7) is 4.95. The van der Waals surface area contributed by atoms with Gasteiger partial charge in [0.1, 0.15) is 16.3 Å². The third-order valence-corrected chi connectivity index (χ3v) is 12.0. The predicted molar refractivity (Wildman–Crippen MR) is 187 cm³/mol. The highest BCUT2D eigenvalue weighted by Crippen LogP contribution is 2.43. The van der Waals surface area contributed by atoms with E-state index >= 15 is 4.79 Å². The monoisotopic (exact) mass is 783 g/mol. The number of nitrogens with zero attached hydrogens (tertiary/aromatic N) is 5. The van der Waals surface area contributed by atoms with Crippen LogP contribution in [0.4, 0.5) is 26.3 Å². The van der Waals surface area contributed by atoms with Gasteiger partial charge in [0.25, 0.3) is 11.8 Å². The van der Waals surface area contributed by atoms with Crippen LogP contribution in [0.25, 0.3) is 0 Å². The van der Waals surface area contributed by atoms with Gasteiger partial charge in [0, 0.05) is 88.0 Å². The first-order chi connectivity index (χ1) is 25.2. The van der Waals surface area contributed by atoms with E-state index in [9.17, 15) is 31.1 Å². The van der Waals surface area contributed by atoms with Gasteiger partial charge in [0.2, 0.25) is 5.60 Å². The molecule has 3 aromatic rings. The van der Waals surface area contributed by atoms with Crippen molar-refractivity contribution in [3.63, 3.8) is 0 Å². The van der Waals surface area contributed by atoms with Gasteiger partial charge in [-0.25, -0.2) is 0 Å². The number of carbonyl (C=O) groups is 2. The summed E-state index contributed by atoms with van der Waals surface area (Å²) < 4.78 is 90.6. The summed E-state index contributed by atoms with van der Waals surface area (Å²) in [6, 6.07) is 6.95. The van der Waals surface area contributed by atoms with Crippen molar-refractivity contribution >= 4 is 34.8 Å². The average molecular weight is 784 g/mol. The first-order valence-electron chi connectivity index (χ1n) is 17.9. The molecule has 1 aliphatic carbocycles. The largest absolute Gasteiger partial charge is 0.474 e. The number of piperazine rings is 1. The molecule has 0 bridgehead atoms. The third kappa shape index (κ3) is 8.32. The fourth-order valence-electron chi connectivity index (χ4n) is 7.93. The van der Waals surface area contributed by atoms with Crippen molar-refractivity contribution in [2.75, 3.05) is 52.4 Å². The van der Waals surface area contributed by atoms with Crippen LogP contribution < -0.4 is 4.74 Å². The van der Waals surface area contributed by atoms with Gasteiger partial charge >= 0.3 is 12.4 Å². The number of alkyl halides is 6. The Hall–Kier alpha value is -3.40. The van der Waals surface area contributed by atoms with Gasteiger partial charge in [-0.3, -0.25) is 14.6 Å². The van der Waals surface area contributed by atoms with Gasteiger partial charge in [0.15, 0.2) is 0 Å². The number of aromatic nitrogens is 1. The zero-order valence-electron chi connectivity index (χ0n) is 28.9. The zero-order chi connectivity index (χ0) is 37.5. The molecule has 0 spiro atoms. The van der Waals surface area contributed by atoms with Crippen LogP contribution in [-0.2, 0) is 30.1 Å². The number of likely N-dealkylation sites (tertiary alicyclic amines) is 1. The average Bonchev–Trinajstić information content (AvgIpc) is 3.82. The van der Waals surface area contributed by atoms with Gasteiger partial charge in [-0.15, -0.1) is 11.3 Å². The second-order valence-electron chi connectivity index (χ2n) is 14.4. The fourth-order valence-corrected chi connectivity index (χ4v) is 8.80. The lowest BCUT2D eigenvalue weighted by atomic mass is 9.79. The quantitative estimate of drug-likeness (QED) is 0.213. The van der Waals surface area contributed by atoms with Crippen LogP contribution in [0.5, 0.6) is 5.75 Å². The van der Waals surface area contributed by atoms with Crippen LogP contribution in [0.2, 0.25) is 5.02 Å². The van der Waals surface area contributed by atoms with E-state index in [0.717, 1.165) is 74.2 Å². The molecular weight excluding hydrogens is 744 g/mol. The highest BCUT2D eigenvalue weighted by molar-refractivity contribution is 7.10. The Kier molecular flexibility index (Phi) is 10.7. The number of rotatable bonds is 9. The first-order valence-corrected chi connectivity index (χ1v) is 19.2. The van der Waals surface area contributed by atoms with Crippen LogP contribution in [0, 0.1) is 5.92 Å². The van der Waals surface area contributed by atoms with Crippen molar-refractivity contribution in [2.45, 2.75) is 69.1 Å². The molecule has 2 saturated heterocycles. The van der Waals surface area contributed by atoms with Crippen molar-refractivity contribution in [2.24, 2.45) is 5.92 Å². The number of ether oxygens (including phenoxy) is 1. The molecule has 8 nitrogen and oxygen atoms in total. The Balaban J connectivity index is 1.26. The maximum atomic E-state index is 15.1. The number of pyridine rings is 1. The maximum Gasteiger partial charge on any atom is 0.425 e. The number of benzene rings is 1. The molecule has 3 fully saturated rings. The number of carbonyl (C=O) groups excluding carboxylic acids is 2. The molecule has 286 valence electrons. The molecule has 0 radical (unpaired) electrons. The van der Waals surface area contributed by atoms with Crippen LogP contribution in [0.15, 0.2) is 48.0 Å². The van der Waals surface area contributed by atoms with Crippen molar-refractivity contribution < 1.29 is 40.7 Å². The van der Waals surface area contributed by atoms with Crippen molar-refractivity contribution in [1.29, 1.82) is 0 Å². The highest BCUT2D eigenvalue weighted by Gasteiger charge is 2.56. The van der Waals surface area contributed by atoms with Crippen LogP contribution in [-0.4, -0.2) is 100 Å². The van der Waals surface area contributed by atoms with E-state index in [2.05, 4.69) is 14.8 Å². The molecular formula is C37H40ClF6N5O3S. The van der Waals surface area contributed by atoms with Gasteiger partial charge in [-0.05, 0) is 73.4 Å². The van der Waals surface area contributed by atoms with E-state index in [1.165, 1.54) is 23.1 Å². The molecule has 7 rings (SSSR count). The molecule has 4 aliphatic rings. The molecule has 1 aromatic carbocycles. The van der Waals surface area contributed by atoms with Crippen molar-refractivity contribution in [3.8, 4) is 5.75 Å². The van der Waals surface area contributed by atoms with E-state index < -0.39 is 51.9 Å². The Morgan fingerprint density at radius 2 is 1.70 bits per heavy atom. The molecule has 3 aliphatic heterocycles. The van der Waals surface area contributed by atoms with E-state index in [1.54, 1.807) is 11.0 Å². The lowest BCUT2D eigenvalue weighted by Crippen LogP contribution is -2.68. The number of hydrogen-bond acceptors (Lipinski definition) is 7. The summed E-state index contributed by atoms with van der Waals surface area (Å²) in [5.41, 5.74) is -2.13. The summed E-state index contributed by atoms with van der Waals surface area (Å²) in [4.78, 5) is 39.8. The highest BCUT2D eigenvalue weighted by atomic mass is 35.5. The number of thiophene rings is 1. The lowest BCUT2D eigenvalue weighted by molar-refractivity contribution is -0.160. The fraction of sp³-hybridized carbons (Fsp3) is 0.541. The summed E-state index contributed by atoms with van der Waals surface area (Å²) >= 11 is 6.65. The summed E-state index contributed by atoms with van der Waals surface area (Å²) in [5, 5.41) is 1.73. The van der Waals surface area contributed by atoms with Gasteiger partial charge in [-0.2, -0.15) is 26.3 Å². The Labute approximate surface area is 312 Å². The molecule has 2 atom stereocenters. The molecule has 1 saturated carbocycles. The molecule has 0 unspecified atom stereocenters. The topological polar surface area (TPSA) is 69.2 Å². The van der Waals surface area contributed by atoms with E-state index in [-0.39, 0.29) is 44.6 Å². The maximum absolute atomic E-state index is 15.1. The smallest absolute Gasteiger partial charge is 0.425 e. The van der Waals surface area contributed by atoms with Gasteiger partial charge in [0.05, 0.1) is 11.6 Å². The van der Waals surface area contributed by atoms with Crippen LogP contribution >= 0.6 is 22.9 Å². The Morgan fingerprint density at radius 1 is 0.943 bits per heavy atom. The summed E-state index contributed by atoms with van der Waals surface area (Å²) in [7, 11) is 0. The molecule has 2 amide bonds. The molecule has 2 aromatic heterocycles. The van der Waals surface area contributed by atoms with E-state index in [0.29, 0.717) is 29.3 Å². The predicted octanol–water partition coefficient (Wildman–Crippen LogP) is 7.26. The number of amides is 2. The van der Waals surface area contributed by atoms with Crippen molar-refractivity contribution in [1.82, 2.24) is 24.6 Å². The van der Waals surface area contributed by atoms with E-state index in [1.807, 2.05) is 12.1 Å². The number of hydrogen-bond donors (Lipinski definition) is 0. The zero-order valence-corrected chi connectivity index (χ0v) is 30.5. The summed E-state index contributed by atoms with van der Waals surface area (Å²) in [6.07, 6.45) is -5.20. The van der Waals surface area contributed by atoms with Gasteiger partial charge < -0.3 is 24.3 Å². The lowest BCUT2D eigenvalue weighted by Gasteiger charge is -2.50. The Morgan fingerprint density at radius 3 is 2.40 bits per heavy atom. The standard InChI is InChI=1S/C37H40ClF6N5O3S/c38-27-7-6-26-22-48(14-8-25(26)19-27)34(51)35(52-28-20-31(53-23-28)37(42,43)44)10-2-12-49(33(50)32-29(36(39,40)41)3-1-11-45-32)30(35)9-13-46-15-17-47(18-16-46)21-24-4-5-24/h1,3,6-7,11,19-20,23-24,30H,2,4-5,8-10,12-18,21-22H2/t30-,35+/m1/s1. The summed E-state index contributed by atoms with van der Waals surface area (Å²) in [5.74, 6) is -1.01. The normalized spacial score (nSPS) is 23.2. The molecule has 53 heavy (non-hydrogen) atoms. The molecule has 16 heteroatoms. The first kappa shape index (κ1) is 37.9. The number of fused-ring (bicyclic) bond motifs is 1. The van der Waals surface area contributed by atoms with Crippen LogP contribution in [0.1, 0.15) is 64.2 Å². The van der Waals surface area contributed by atoms with Crippen molar-refractivity contribution in [3.05, 3.63) is 80.3 Å². The molecule has 0 N–H and O–H groups in total. The van der Waals surface area contributed by atoms with E-state index in [4.69, 9.17) is 16.3 Å². The molecule has 5 heterocycles. The second-order valence-corrected chi connectivity index (χ2v) is 15.8. The minimum Gasteiger partial charge on any atom is -0.474 e. The minimum atomic E-state index is -4.89. The Bertz CT molecular complexity index is 1810. The van der Waals surface area contributed by atoms with Crippen LogP contribution in [0.3, 0.4) is 0 Å². The SMILES string of the molecule is O=C(c1ncccc1C(F)(F)F)N1CCC[C@@](Oc2csc(C(F)(F)F)c2)(C(=O)N2CCc3cc(Cl)ccc3C2)[C@H]1CCN1CCN(CC2CC2)CC1. The number of halogens is 7. The third-order valence-electron chi connectivity index (χ3n) is 10.8. The van der Waals surface area contributed by atoms with Gasteiger partial charge in [-0.1, -0.05) is 17.7 Å². The number of piperidine rings is 1.